The number of aromatic nitrogens is 1. The summed E-state index contributed by atoms with van der Waals surface area (Å²) in [7, 11) is 0. The Morgan fingerprint density at radius 3 is 1.29 bits per heavy atom. The molecule has 0 aliphatic heterocycles. The molecule has 0 bridgehead atoms. The van der Waals surface area contributed by atoms with Gasteiger partial charge in [0.25, 0.3) is 0 Å². The predicted octanol–water partition coefficient (Wildman–Crippen LogP) is -2.45. The molecule has 9 nitrogen and oxygen atoms in total. The molecule has 0 unspecified atom stereocenters. The van der Waals surface area contributed by atoms with Crippen LogP contribution < -0.4 is 0 Å². The summed E-state index contributed by atoms with van der Waals surface area (Å²) in [5.41, 5.74) is -1.96. The average Bonchev–Trinajstić information content (AvgIpc) is 2.65. The van der Waals surface area contributed by atoms with E-state index in [1.807, 2.05) is 0 Å². The first-order valence-corrected chi connectivity index (χ1v) is 7.40. The molecule has 1 aromatic rings. The lowest BCUT2D eigenvalue weighted by molar-refractivity contribution is -0.143. The molecule has 0 amide bonds. The van der Waals surface area contributed by atoms with Crippen molar-refractivity contribution in [3.63, 3.8) is 0 Å². The normalized spacial score (nSPS) is 12.6. The van der Waals surface area contributed by atoms with E-state index in [0.29, 0.717) is 11.4 Å². The van der Waals surface area contributed by atoms with Crippen LogP contribution in [0.1, 0.15) is 11.4 Å². The van der Waals surface area contributed by atoms with Crippen LogP contribution >= 0.6 is 0 Å². The van der Waals surface area contributed by atoms with Gasteiger partial charge in [-0.1, -0.05) is 6.07 Å². The van der Waals surface area contributed by atoms with Crippen LogP contribution in [-0.2, 0) is 22.7 Å². The number of rotatable bonds is 12. The Bertz CT molecular complexity index is 421. The fourth-order valence-corrected chi connectivity index (χ4v) is 1.72. The maximum Gasteiger partial charge on any atom is 0.137 e. The molecule has 0 aliphatic carbocycles. The molecular weight excluding hydrogens is 322 g/mol. The smallest absolute Gasteiger partial charge is 0.137 e. The molecule has 0 radical (unpaired) electrons. The molecule has 0 fully saturated rings. The molecule has 0 aromatic carbocycles. The molecule has 9 heteroatoms. The zero-order valence-corrected chi connectivity index (χ0v) is 13.3. The summed E-state index contributed by atoms with van der Waals surface area (Å²) in [6.45, 7) is -3.39. The van der Waals surface area contributed by atoms with Gasteiger partial charge in [0, 0.05) is 0 Å². The van der Waals surface area contributed by atoms with Crippen LogP contribution in [0.4, 0.5) is 0 Å². The summed E-state index contributed by atoms with van der Waals surface area (Å²) < 4.78 is 10.7. The lowest BCUT2D eigenvalue weighted by atomic mass is 10.1. The fraction of sp³-hybridized carbons (Fsp3) is 0.667. The number of hydrogen-bond acceptors (Lipinski definition) is 9. The van der Waals surface area contributed by atoms with Crippen LogP contribution in [-0.4, -0.2) is 86.5 Å². The van der Waals surface area contributed by atoms with Gasteiger partial charge in [0.1, 0.15) is 11.2 Å². The van der Waals surface area contributed by atoms with Gasteiger partial charge in [0.05, 0.1) is 64.2 Å². The van der Waals surface area contributed by atoms with E-state index in [1.165, 1.54) is 0 Å². The fourth-order valence-electron chi connectivity index (χ4n) is 1.72. The number of aliphatic hydroxyl groups is 6. The summed E-state index contributed by atoms with van der Waals surface area (Å²) in [6.07, 6.45) is 0. The van der Waals surface area contributed by atoms with Crippen molar-refractivity contribution in [3.05, 3.63) is 29.6 Å². The molecule has 1 aromatic heterocycles. The molecule has 138 valence electrons. The van der Waals surface area contributed by atoms with E-state index in [-0.39, 0.29) is 13.2 Å². The van der Waals surface area contributed by atoms with E-state index in [0.717, 1.165) is 0 Å². The lowest BCUT2D eigenvalue weighted by Crippen LogP contribution is -2.44. The Morgan fingerprint density at radius 2 is 1.00 bits per heavy atom. The third-order valence-corrected chi connectivity index (χ3v) is 3.65. The van der Waals surface area contributed by atoms with Crippen LogP contribution in [0, 0.1) is 0 Å². The molecule has 6 N–H and O–H groups in total. The van der Waals surface area contributed by atoms with Crippen molar-refractivity contribution in [1.82, 2.24) is 4.98 Å². The average molecular weight is 347 g/mol. The van der Waals surface area contributed by atoms with E-state index in [1.54, 1.807) is 18.2 Å². The highest BCUT2D eigenvalue weighted by Crippen LogP contribution is 2.15. The van der Waals surface area contributed by atoms with Gasteiger partial charge in [0.15, 0.2) is 0 Å². The van der Waals surface area contributed by atoms with Crippen molar-refractivity contribution in [3.8, 4) is 0 Å². The number of ether oxygens (including phenoxy) is 2. The van der Waals surface area contributed by atoms with Crippen molar-refractivity contribution in [2.24, 2.45) is 0 Å². The van der Waals surface area contributed by atoms with E-state index >= 15 is 0 Å². The molecule has 0 spiro atoms. The van der Waals surface area contributed by atoms with Crippen LogP contribution in [0.3, 0.4) is 0 Å². The van der Waals surface area contributed by atoms with Crippen molar-refractivity contribution >= 4 is 0 Å². The summed E-state index contributed by atoms with van der Waals surface area (Å²) in [6, 6.07) is 4.98. The molecule has 0 saturated carbocycles. The SMILES string of the molecule is OCC(CO)(CO)OCc1cccc(COC(CO)(CO)CO)n1. The zero-order valence-electron chi connectivity index (χ0n) is 13.3. The van der Waals surface area contributed by atoms with Crippen LogP contribution in [0.2, 0.25) is 0 Å². The first-order chi connectivity index (χ1) is 11.5. The summed E-state index contributed by atoms with van der Waals surface area (Å²) in [5, 5.41) is 55.2. The minimum absolute atomic E-state index is 0.0549. The van der Waals surface area contributed by atoms with Gasteiger partial charge >= 0.3 is 0 Å². The largest absolute Gasteiger partial charge is 0.393 e. The second kappa shape index (κ2) is 9.97. The Labute approximate surface area is 139 Å². The minimum Gasteiger partial charge on any atom is -0.393 e. The quantitative estimate of drug-likeness (QED) is 0.242. The summed E-state index contributed by atoms with van der Waals surface area (Å²) in [4.78, 5) is 4.24. The summed E-state index contributed by atoms with van der Waals surface area (Å²) >= 11 is 0. The van der Waals surface area contributed by atoms with Gasteiger partial charge in [-0.25, -0.2) is 0 Å². The molecule has 24 heavy (non-hydrogen) atoms. The van der Waals surface area contributed by atoms with Crippen molar-refractivity contribution < 1.29 is 40.1 Å². The second-order valence-corrected chi connectivity index (χ2v) is 5.51. The highest BCUT2D eigenvalue weighted by Gasteiger charge is 2.30. The van der Waals surface area contributed by atoms with Gasteiger partial charge in [-0.15, -0.1) is 0 Å². The lowest BCUT2D eigenvalue weighted by Gasteiger charge is -2.28. The maximum atomic E-state index is 9.21. The Hall–Kier alpha value is -1.17. The molecule has 0 atom stereocenters. The van der Waals surface area contributed by atoms with Gasteiger partial charge in [0.2, 0.25) is 0 Å². The molecule has 0 saturated heterocycles. The van der Waals surface area contributed by atoms with Gasteiger partial charge in [-0.2, -0.15) is 0 Å². The van der Waals surface area contributed by atoms with Crippen molar-refractivity contribution in [2.45, 2.75) is 24.4 Å². The van der Waals surface area contributed by atoms with Crippen LogP contribution in [0.25, 0.3) is 0 Å². The third kappa shape index (κ3) is 5.43. The van der Waals surface area contributed by atoms with Gasteiger partial charge in [-0.05, 0) is 12.1 Å². The number of hydrogen-bond donors (Lipinski definition) is 6. The van der Waals surface area contributed by atoms with E-state index in [2.05, 4.69) is 4.98 Å². The highest BCUT2D eigenvalue weighted by molar-refractivity contribution is 5.10. The highest BCUT2D eigenvalue weighted by atomic mass is 16.5. The Kier molecular flexibility index (Phi) is 8.67. The Balaban J connectivity index is 2.70. The first-order valence-electron chi connectivity index (χ1n) is 7.40. The van der Waals surface area contributed by atoms with E-state index < -0.39 is 50.8 Å². The van der Waals surface area contributed by atoms with Crippen LogP contribution in [0.15, 0.2) is 18.2 Å². The van der Waals surface area contributed by atoms with Crippen molar-refractivity contribution in [1.29, 1.82) is 0 Å². The zero-order chi connectivity index (χ0) is 18.1. The number of pyridine rings is 1. The standard InChI is InChI=1S/C15H25NO8/c17-6-14(7-18,8-19)23-4-12-2-1-3-13(16-12)5-24-15(9-20,10-21)11-22/h1-3,17-22H,4-11H2. The van der Waals surface area contributed by atoms with E-state index in [4.69, 9.17) is 9.47 Å². The van der Waals surface area contributed by atoms with Crippen molar-refractivity contribution in [2.75, 3.05) is 39.6 Å². The number of aliphatic hydroxyl groups excluding tert-OH is 6. The predicted molar refractivity (Wildman–Crippen MR) is 81.8 cm³/mol. The Morgan fingerprint density at radius 1 is 0.667 bits per heavy atom. The van der Waals surface area contributed by atoms with Crippen LogP contribution in [0.5, 0.6) is 0 Å². The monoisotopic (exact) mass is 347 g/mol. The van der Waals surface area contributed by atoms with E-state index in [9.17, 15) is 30.6 Å². The topological polar surface area (TPSA) is 153 Å². The van der Waals surface area contributed by atoms with Gasteiger partial charge < -0.3 is 40.1 Å². The molecule has 0 aliphatic rings. The van der Waals surface area contributed by atoms with Gasteiger partial charge in [-0.3, -0.25) is 4.98 Å². The second-order valence-electron chi connectivity index (χ2n) is 5.51. The maximum absolute atomic E-state index is 9.21. The third-order valence-electron chi connectivity index (χ3n) is 3.65. The first kappa shape index (κ1) is 20.9. The number of nitrogens with zero attached hydrogens (tertiary/aromatic N) is 1. The molecule has 1 heterocycles. The summed E-state index contributed by atoms with van der Waals surface area (Å²) in [5.74, 6) is 0. The minimum atomic E-state index is -1.45. The molecule has 1 rings (SSSR count). The molecular formula is C15H25NO8.